The van der Waals surface area contributed by atoms with Crippen LogP contribution in [-0.2, 0) is 5.66 Å². The number of nitrogens with one attached hydrogen (secondary N) is 2. The zero-order valence-electron chi connectivity index (χ0n) is 11.2. The number of rotatable bonds is 2. The van der Waals surface area contributed by atoms with Crippen LogP contribution in [0.2, 0.25) is 0 Å². The Kier molecular flexibility index (Phi) is 2.81. The van der Waals surface area contributed by atoms with Crippen LogP contribution >= 0.6 is 0 Å². The Morgan fingerprint density at radius 1 is 1.40 bits per heavy atom. The monoisotopic (exact) mass is 273 g/mol. The van der Waals surface area contributed by atoms with E-state index in [-0.39, 0.29) is 5.56 Å². The molecule has 3 N–H and O–H groups in total. The molecule has 20 heavy (non-hydrogen) atoms. The first-order valence-electron chi connectivity index (χ1n) is 6.24. The maximum Gasteiger partial charge on any atom is 0.276 e. The molecule has 0 saturated heterocycles. The number of fused-ring (bicyclic) bond motifs is 1. The van der Waals surface area contributed by atoms with E-state index < -0.39 is 11.9 Å². The number of aliphatic hydroxyl groups excluding tert-OH is 1. The minimum Gasteiger partial charge on any atom is -0.373 e. The van der Waals surface area contributed by atoms with Gasteiger partial charge in [-0.2, -0.15) is 0 Å². The van der Waals surface area contributed by atoms with Gasteiger partial charge in [0, 0.05) is 6.20 Å². The van der Waals surface area contributed by atoms with E-state index >= 15 is 0 Å². The molecule has 0 aromatic carbocycles. The second kappa shape index (κ2) is 4.39. The quantitative estimate of drug-likeness (QED) is 0.745. The van der Waals surface area contributed by atoms with Gasteiger partial charge in [0.25, 0.3) is 5.56 Å². The highest BCUT2D eigenvalue weighted by Crippen LogP contribution is 2.27. The Morgan fingerprint density at radius 3 is 2.90 bits per heavy atom. The van der Waals surface area contributed by atoms with E-state index in [1.807, 2.05) is 13.8 Å². The normalized spacial score (nSPS) is 19.6. The lowest BCUT2D eigenvalue weighted by Crippen LogP contribution is -2.41. The fourth-order valence-electron chi connectivity index (χ4n) is 2.41. The largest absolute Gasteiger partial charge is 0.373 e. The molecule has 0 radical (unpaired) electrons. The fourth-order valence-corrected chi connectivity index (χ4v) is 2.41. The molecule has 0 fully saturated rings. The maximum absolute atomic E-state index is 12.5. The van der Waals surface area contributed by atoms with Crippen molar-refractivity contribution in [3.63, 3.8) is 0 Å². The summed E-state index contributed by atoms with van der Waals surface area (Å²) in [6, 6.07) is 5.04. The molecule has 0 amide bonds. The first-order valence-corrected chi connectivity index (χ1v) is 6.24. The van der Waals surface area contributed by atoms with E-state index in [9.17, 15) is 9.90 Å². The van der Waals surface area contributed by atoms with Gasteiger partial charge in [-0.15, -0.1) is 0 Å². The highest BCUT2D eigenvalue weighted by atomic mass is 16.3. The van der Waals surface area contributed by atoms with Crippen molar-refractivity contribution in [1.29, 1.82) is 0 Å². The molecule has 1 unspecified atom stereocenters. The number of hydrogen-bond acceptors (Lipinski definition) is 6. The molecule has 0 aliphatic carbocycles. The summed E-state index contributed by atoms with van der Waals surface area (Å²) in [5, 5.41) is 15.8. The first-order chi connectivity index (χ1) is 9.49. The molecule has 0 spiro atoms. The van der Waals surface area contributed by atoms with Gasteiger partial charge in [0.1, 0.15) is 24.1 Å². The lowest BCUT2D eigenvalue weighted by atomic mass is 10.2. The van der Waals surface area contributed by atoms with Gasteiger partial charge in [-0.1, -0.05) is 0 Å². The lowest BCUT2D eigenvalue weighted by Gasteiger charge is -2.22. The molecule has 3 rings (SSSR count). The smallest absolute Gasteiger partial charge is 0.276 e. The van der Waals surface area contributed by atoms with Gasteiger partial charge in [-0.05, 0) is 32.0 Å². The predicted octanol–water partition coefficient (Wildman–Crippen LogP) is 0.669. The van der Waals surface area contributed by atoms with Crippen molar-refractivity contribution in [2.45, 2.75) is 25.7 Å². The van der Waals surface area contributed by atoms with E-state index in [4.69, 9.17) is 0 Å². The minimum absolute atomic E-state index is 0.213. The Morgan fingerprint density at radius 2 is 2.20 bits per heavy atom. The minimum atomic E-state index is -0.842. The molecule has 0 saturated carbocycles. The average Bonchev–Trinajstić information content (AvgIpc) is 2.64. The highest BCUT2D eigenvalue weighted by Gasteiger charge is 2.36. The second-order valence-corrected chi connectivity index (χ2v) is 5.14. The van der Waals surface area contributed by atoms with Crippen LogP contribution in [0.25, 0.3) is 0 Å². The highest BCUT2D eigenvalue weighted by molar-refractivity contribution is 5.54. The summed E-state index contributed by atoms with van der Waals surface area (Å²) in [5.41, 5.74) is 0.0923. The number of pyridine rings is 1. The van der Waals surface area contributed by atoms with Crippen LogP contribution in [0.5, 0.6) is 0 Å². The summed E-state index contributed by atoms with van der Waals surface area (Å²) >= 11 is 0. The van der Waals surface area contributed by atoms with E-state index in [0.29, 0.717) is 17.2 Å². The van der Waals surface area contributed by atoms with Crippen molar-refractivity contribution >= 4 is 11.5 Å². The molecule has 3 heterocycles. The molecular weight excluding hydrogens is 258 g/mol. The molecule has 2 aromatic rings. The summed E-state index contributed by atoms with van der Waals surface area (Å²) in [5.74, 6) is 0.543. The Labute approximate surface area is 115 Å². The molecule has 1 aliphatic heterocycles. The van der Waals surface area contributed by atoms with Crippen LogP contribution in [-0.4, -0.2) is 19.6 Å². The van der Waals surface area contributed by atoms with Gasteiger partial charge < -0.3 is 10.4 Å². The first kappa shape index (κ1) is 12.8. The molecule has 0 bridgehead atoms. The van der Waals surface area contributed by atoms with Crippen molar-refractivity contribution in [2.24, 2.45) is 0 Å². The van der Waals surface area contributed by atoms with Crippen molar-refractivity contribution in [3.8, 4) is 0 Å². The summed E-state index contributed by atoms with van der Waals surface area (Å²) in [7, 11) is 0. The van der Waals surface area contributed by atoms with Crippen molar-refractivity contribution in [2.75, 3.05) is 5.32 Å². The standard InChI is InChI=1S/C13H15N5O2/c1-13(2)17-11(19)9-4-3-8(12(20)18(9)13)16-10-5-6-14-7-15-10/h3-7,11,17,19H,1-2H3,(H,14,15,16). The van der Waals surface area contributed by atoms with Gasteiger partial charge in [0.15, 0.2) is 0 Å². The molecule has 7 nitrogen and oxygen atoms in total. The number of aromatic nitrogens is 3. The topological polar surface area (TPSA) is 92.1 Å². The lowest BCUT2D eigenvalue weighted by molar-refractivity contribution is 0.118. The molecule has 2 aromatic heterocycles. The summed E-state index contributed by atoms with van der Waals surface area (Å²) in [6.07, 6.45) is 2.16. The number of anilines is 2. The summed E-state index contributed by atoms with van der Waals surface area (Å²) in [4.78, 5) is 20.4. The van der Waals surface area contributed by atoms with Gasteiger partial charge in [0.05, 0.1) is 11.4 Å². The third-order valence-corrected chi connectivity index (χ3v) is 3.29. The van der Waals surface area contributed by atoms with Gasteiger partial charge >= 0.3 is 0 Å². The van der Waals surface area contributed by atoms with E-state index in [1.54, 1.807) is 29.0 Å². The van der Waals surface area contributed by atoms with E-state index in [2.05, 4.69) is 20.6 Å². The average molecular weight is 273 g/mol. The molecule has 1 atom stereocenters. The van der Waals surface area contributed by atoms with Crippen LogP contribution in [0.1, 0.15) is 25.8 Å². The van der Waals surface area contributed by atoms with Gasteiger partial charge in [-0.25, -0.2) is 9.97 Å². The number of nitrogens with zero attached hydrogens (tertiary/aromatic N) is 3. The third-order valence-electron chi connectivity index (χ3n) is 3.29. The zero-order chi connectivity index (χ0) is 14.3. The molecule has 1 aliphatic rings. The van der Waals surface area contributed by atoms with Crippen LogP contribution in [0.15, 0.2) is 35.5 Å². The third kappa shape index (κ3) is 1.97. The van der Waals surface area contributed by atoms with Crippen LogP contribution in [0.4, 0.5) is 11.5 Å². The van der Waals surface area contributed by atoms with Gasteiger partial charge in [0.2, 0.25) is 0 Å². The summed E-state index contributed by atoms with van der Waals surface area (Å²) < 4.78 is 1.54. The second-order valence-electron chi connectivity index (χ2n) is 5.14. The molecule has 7 heteroatoms. The maximum atomic E-state index is 12.5. The van der Waals surface area contributed by atoms with Crippen molar-refractivity contribution in [1.82, 2.24) is 19.9 Å². The van der Waals surface area contributed by atoms with Gasteiger partial charge in [-0.3, -0.25) is 14.7 Å². The van der Waals surface area contributed by atoms with E-state index in [1.165, 1.54) is 6.33 Å². The Bertz CT molecular complexity index is 696. The Balaban J connectivity index is 2.06. The van der Waals surface area contributed by atoms with Crippen LogP contribution in [0.3, 0.4) is 0 Å². The van der Waals surface area contributed by atoms with Crippen LogP contribution < -0.4 is 16.2 Å². The number of aliphatic hydroxyl groups is 1. The van der Waals surface area contributed by atoms with Crippen LogP contribution in [0, 0.1) is 0 Å². The molecule has 104 valence electrons. The summed E-state index contributed by atoms with van der Waals surface area (Å²) in [6.45, 7) is 3.67. The van der Waals surface area contributed by atoms with Crippen molar-refractivity contribution < 1.29 is 5.11 Å². The predicted molar refractivity (Wildman–Crippen MR) is 73.4 cm³/mol. The molecular formula is C13H15N5O2. The fraction of sp³-hybridized carbons (Fsp3) is 0.308. The number of hydrogen-bond donors (Lipinski definition) is 3. The van der Waals surface area contributed by atoms with E-state index in [0.717, 1.165) is 0 Å². The van der Waals surface area contributed by atoms with Crippen molar-refractivity contribution in [3.05, 3.63) is 46.8 Å². The zero-order valence-corrected chi connectivity index (χ0v) is 11.2. The Hall–Kier alpha value is -2.25. The SMILES string of the molecule is CC1(C)NC(O)c2ccc(Nc3ccncn3)c(=O)n21.